The Bertz CT molecular complexity index is 439. The second kappa shape index (κ2) is 7.91. The van der Waals surface area contributed by atoms with Crippen molar-refractivity contribution in [2.45, 2.75) is 40.0 Å². The molecule has 1 aliphatic rings. The molecule has 1 rings (SSSR count). The molecule has 0 atom stereocenters. The predicted molar refractivity (Wildman–Crippen MR) is 84.9 cm³/mol. The third-order valence-corrected chi connectivity index (χ3v) is 3.55. The zero-order valence-corrected chi connectivity index (χ0v) is 13.5. The molecule has 0 fully saturated rings. The van der Waals surface area contributed by atoms with Crippen LogP contribution in [0.4, 0.5) is 0 Å². The summed E-state index contributed by atoms with van der Waals surface area (Å²) in [4.78, 5) is 4.55. The molecule has 1 heterocycles. The van der Waals surface area contributed by atoms with Crippen LogP contribution in [0.25, 0.3) is 0 Å². The molecular weight excluding hydrogens is 246 g/mol. The maximum absolute atomic E-state index is 9.26. The Kier molecular flexibility index (Phi) is 6.54. The van der Waals surface area contributed by atoms with Crippen molar-refractivity contribution in [1.82, 2.24) is 9.80 Å². The number of hydrogen-bond acceptors (Lipinski definition) is 3. The average molecular weight is 273 g/mol. The van der Waals surface area contributed by atoms with Crippen LogP contribution in [0.1, 0.15) is 40.0 Å². The summed E-state index contributed by atoms with van der Waals surface area (Å²) in [6.45, 7) is 8.51. The van der Waals surface area contributed by atoms with E-state index in [4.69, 9.17) is 0 Å². The molecule has 0 aromatic rings. The number of hydrogen-bond donors (Lipinski definition) is 0. The summed E-state index contributed by atoms with van der Waals surface area (Å²) in [5, 5.41) is 9.26. The summed E-state index contributed by atoms with van der Waals surface area (Å²) in [5.41, 5.74) is 4.47. The fourth-order valence-electron chi connectivity index (χ4n) is 2.51. The summed E-state index contributed by atoms with van der Waals surface area (Å²) in [7, 11) is 4.21. The van der Waals surface area contributed by atoms with E-state index in [9.17, 15) is 5.26 Å². The van der Waals surface area contributed by atoms with E-state index in [1.165, 1.54) is 11.4 Å². The van der Waals surface area contributed by atoms with Gasteiger partial charge in [0.05, 0.1) is 6.07 Å². The summed E-state index contributed by atoms with van der Waals surface area (Å²) >= 11 is 0. The summed E-state index contributed by atoms with van der Waals surface area (Å²) in [6, 6.07) is 2.35. The molecule has 0 unspecified atom stereocenters. The van der Waals surface area contributed by atoms with Crippen molar-refractivity contribution in [2.24, 2.45) is 0 Å². The molecule has 20 heavy (non-hydrogen) atoms. The molecule has 0 spiro atoms. The molecule has 0 N–H and O–H groups in total. The van der Waals surface area contributed by atoms with Crippen LogP contribution in [0.3, 0.4) is 0 Å². The van der Waals surface area contributed by atoms with Crippen LogP contribution in [0.2, 0.25) is 0 Å². The minimum absolute atomic E-state index is 0.861. The average Bonchev–Trinajstić information content (AvgIpc) is 2.38. The van der Waals surface area contributed by atoms with E-state index in [0.29, 0.717) is 0 Å². The molecular formula is C17H27N3. The van der Waals surface area contributed by atoms with Gasteiger partial charge in [-0.2, -0.15) is 5.26 Å². The molecule has 0 bridgehead atoms. The Hall–Kier alpha value is -1.53. The highest BCUT2D eigenvalue weighted by Crippen LogP contribution is 2.26. The second-order valence-corrected chi connectivity index (χ2v) is 5.68. The van der Waals surface area contributed by atoms with E-state index in [2.05, 4.69) is 62.9 Å². The zero-order valence-electron chi connectivity index (χ0n) is 13.5. The maximum atomic E-state index is 9.26. The van der Waals surface area contributed by atoms with E-state index < -0.39 is 0 Å². The van der Waals surface area contributed by atoms with Crippen LogP contribution in [0, 0.1) is 11.3 Å². The Morgan fingerprint density at radius 3 is 2.30 bits per heavy atom. The fraction of sp³-hybridized carbons (Fsp3) is 0.588. The molecule has 0 aliphatic carbocycles. The van der Waals surface area contributed by atoms with Gasteiger partial charge in [-0.05, 0) is 65.1 Å². The smallest absolute Gasteiger partial charge is 0.0953 e. The van der Waals surface area contributed by atoms with Crippen molar-refractivity contribution in [3.63, 3.8) is 0 Å². The molecule has 0 amide bonds. The molecule has 0 aromatic carbocycles. The van der Waals surface area contributed by atoms with Gasteiger partial charge in [0.1, 0.15) is 0 Å². The lowest BCUT2D eigenvalue weighted by atomic mass is 9.99. The standard InChI is InChI=1S/C17H27N3/c1-6-8-16(13-18)17-11-14(2)20(15(3)12-17)10-7-9-19(4)5/h11-12H,6-10H2,1-5H3. The number of allylic oxidation sites excluding steroid dienone is 6. The first-order valence-corrected chi connectivity index (χ1v) is 7.41. The molecule has 1 aliphatic heterocycles. The molecule has 0 radical (unpaired) electrons. The van der Waals surface area contributed by atoms with Crippen LogP contribution in [-0.2, 0) is 0 Å². The van der Waals surface area contributed by atoms with Gasteiger partial charge < -0.3 is 9.80 Å². The highest BCUT2D eigenvalue weighted by atomic mass is 15.1. The van der Waals surface area contributed by atoms with E-state index in [0.717, 1.165) is 43.5 Å². The van der Waals surface area contributed by atoms with Crippen molar-refractivity contribution in [3.05, 3.63) is 34.7 Å². The lowest BCUT2D eigenvalue weighted by molar-refractivity contribution is 0.348. The van der Waals surface area contributed by atoms with Crippen LogP contribution < -0.4 is 0 Å². The normalized spacial score (nSPS) is 15.1. The summed E-state index contributed by atoms with van der Waals surface area (Å²) in [6.07, 6.45) is 7.31. The minimum atomic E-state index is 0.861. The van der Waals surface area contributed by atoms with Gasteiger partial charge in [0.15, 0.2) is 0 Å². The van der Waals surface area contributed by atoms with E-state index >= 15 is 0 Å². The second-order valence-electron chi connectivity index (χ2n) is 5.68. The Balaban J connectivity index is 2.83. The van der Waals surface area contributed by atoms with Gasteiger partial charge in [-0.25, -0.2) is 0 Å². The van der Waals surface area contributed by atoms with Gasteiger partial charge >= 0.3 is 0 Å². The van der Waals surface area contributed by atoms with Crippen molar-refractivity contribution < 1.29 is 0 Å². The highest BCUT2D eigenvalue weighted by Gasteiger charge is 2.15. The number of nitrogens with zero attached hydrogens (tertiary/aromatic N) is 3. The van der Waals surface area contributed by atoms with Crippen LogP contribution in [0.5, 0.6) is 0 Å². The zero-order chi connectivity index (χ0) is 15.1. The lowest BCUT2D eigenvalue weighted by Crippen LogP contribution is -2.26. The van der Waals surface area contributed by atoms with E-state index in [1.54, 1.807) is 0 Å². The largest absolute Gasteiger partial charge is 0.349 e. The first-order valence-electron chi connectivity index (χ1n) is 7.41. The van der Waals surface area contributed by atoms with Crippen LogP contribution in [0.15, 0.2) is 34.7 Å². The highest BCUT2D eigenvalue weighted by molar-refractivity contribution is 5.47. The SMILES string of the molecule is CCCC(C#N)=C1C=C(C)N(CCCN(C)C)C(C)=C1. The molecule has 3 heteroatoms. The predicted octanol–water partition coefficient (Wildman–Crippen LogP) is 3.68. The van der Waals surface area contributed by atoms with Gasteiger partial charge in [-0.15, -0.1) is 0 Å². The van der Waals surface area contributed by atoms with Crippen molar-refractivity contribution in [1.29, 1.82) is 5.26 Å². The van der Waals surface area contributed by atoms with Gasteiger partial charge in [-0.3, -0.25) is 0 Å². The topological polar surface area (TPSA) is 30.3 Å². The van der Waals surface area contributed by atoms with Crippen molar-refractivity contribution in [3.8, 4) is 6.07 Å². The maximum Gasteiger partial charge on any atom is 0.0953 e. The molecule has 110 valence electrons. The first-order chi connectivity index (χ1) is 9.49. The quantitative estimate of drug-likeness (QED) is 0.692. The Morgan fingerprint density at radius 1 is 1.25 bits per heavy atom. The van der Waals surface area contributed by atoms with Crippen LogP contribution in [-0.4, -0.2) is 37.0 Å². The molecule has 0 aromatic heterocycles. The third-order valence-electron chi connectivity index (χ3n) is 3.55. The van der Waals surface area contributed by atoms with Crippen LogP contribution >= 0.6 is 0 Å². The Labute approximate surface area is 123 Å². The third kappa shape index (κ3) is 4.54. The molecule has 0 saturated carbocycles. The van der Waals surface area contributed by atoms with E-state index in [-0.39, 0.29) is 0 Å². The summed E-state index contributed by atoms with van der Waals surface area (Å²) < 4.78 is 0. The number of rotatable bonds is 6. The molecule has 3 nitrogen and oxygen atoms in total. The van der Waals surface area contributed by atoms with Gasteiger partial charge in [0, 0.05) is 23.5 Å². The van der Waals surface area contributed by atoms with Crippen molar-refractivity contribution in [2.75, 3.05) is 27.2 Å². The Morgan fingerprint density at radius 2 is 1.85 bits per heavy atom. The monoisotopic (exact) mass is 273 g/mol. The first kappa shape index (κ1) is 16.5. The summed E-state index contributed by atoms with van der Waals surface area (Å²) in [5.74, 6) is 0. The van der Waals surface area contributed by atoms with Gasteiger partial charge in [0.2, 0.25) is 0 Å². The molecule has 0 saturated heterocycles. The van der Waals surface area contributed by atoms with Gasteiger partial charge in [0.25, 0.3) is 0 Å². The van der Waals surface area contributed by atoms with Crippen molar-refractivity contribution >= 4 is 0 Å². The lowest BCUT2D eigenvalue weighted by Gasteiger charge is -2.30. The van der Waals surface area contributed by atoms with Gasteiger partial charge in [-0.1, -0.05) is 13.3 Å². The fourth-order valence-corrected chi connectivity index (χ4v) is 2.51. The number of nitriles is 1. The minimum Gasteiger partial charge on any atom is -0.349 e. The van der Waals surface area contributed by atoms with E-state index in [1.807, 2.05) is 0 Å².